The Bertz CT molecular complexity index is 552. The maximum Gasteiger partial charge on any atom is 0.0475 e. The van der Waals surface area contributed by atoms with Crippen molar-refractivity contribution < 1.29 is 0 Å². The van der Waals surface area contributed by atoms with Crippen LogP contribution in [0.1, 0.15) is 30.0 Å². The van der Waals surface area contributed by atoms with Crippen molar-refractivity contribution in [3.63, 3.8) is 0 Å². The van der Waals surface area contributed by atoms with Crippen molar-refractivity contribution >= 4 is 12.4 Å². The maximum absolute atomic E-state index is 3.79. The second-order valence-corrected chi connectivity index (χ2v) is 5.43. The summed E-state index contributed by atoms with van der Waals surface area (Å²) in [4.78, 5) is 0. The van der Waals surface area contributed by atoms with E-state index in [1.165, 1.54) is 16.7 Å². The molecule has 2 aromatic carbocycles. The third-order valence-electron chi connectivity index (χ3n) is 4.34. The number of nitrogens with one attached hydrogen (secondary N) is 1. The molecule has 106 valence electrons. The van der Waals surface area contributed by atoms with Gasteiger partial charge in [-0.2, -0.15) is 0 Å². The molecule has 1 nitrogen and oxygen atoms in total. The van der Waals surface area contributed by atoms with Crippen LogP contribution < -0.4 is 5.32 Å². The van der Waals surface area contributed by atoms with Gasteiger partial charge in [-0.3, -0.25) is 0 Å². The van der Waals surface area contributed by atoms with Gasteiger partial charge in [0, 0.05) is 12.1 Å². The van der Waals surface area contributed by atoms with E-state index >= 15 is 0 Å². The standard InChI is InChI=1S/C18H21N.ClH/c1-2-18(14-15-8-4-3-5-9-15)17-11-7-6-10-16(17)12-13-19-18;/h3-11,19H,2,12-14H2,1H3;1H. The molecule has 0 bridgehead atoms. The highest BCUT2D eigenvalue weighted by Gasteiger charge is 2.34. The van der Waals surface area contributed by atoms with Gasteiger partial charge in [-0.1, -0.05) is 61.5 Å². The van der Waals surface area contributed by atoms with Crippen molar-refractivity contribution in [1.29, 1.82) is 0 Å². The Morgan fingerprint density at radius 1 is 1.00 bits per heavy atom. The third-order valence-corrected chi connectivity index (χ3v) is 4.34. The van der Waals surface area contributed by atoms with Gasteiger partial charge in [-0.05, 0) is 36.0 Å². The zero-order valence-corrected chi connectivity index (χ0v) is 12.7. The number of benzene rings is 2. The molecule has 2 aromatic rings. The van der Waals surface area contributed by atoms with Gasteiger partial charge in [0.25, 0.3) is 0 Å². The van der Waals surface area contributed by atoms with Crippen LogP contribution in [0.15, 0.2) is 54.6 Å². The van der Waals surface area contributed by atoms with Crippen LogP contribution in [0.3, 0.4) is 0 Å². The summed E-state index contributed by atoms with van der Waals surface area (Å²) in [5.74, 6) is 0. The topological polar surface area (TPSA) is 12.0 Å². The smallest absolute Gasteiger partial charge is 0.0475 e. The Labute approximate surface area is 127 Å². The lowest BCUT2D eigenvalue weighted by atomic mass is 9.76. The Hall–Kier alpha value is -1.31. The van der Waals surface area contributed by atoms with Crippen LogP contribution in [-0.4, -0.2) is 6.54 Å². The van der Waals surface area contributed by atoms with Gasteiger partial charge >= 0.3 is 0 Å². The molecule has 1 aliphatic heterocycles. The molecule has 0 fully saturated rings. The number of halogens is 1. The number of fused-ring (bicyclic) bond motifs is 1. The summed E-state index contributed by atoms with van der Waals surface area (Å²) < 4.78 is 0. The van der Waals surface area contributed by atoms with Gasteiger partial charge in [-0.25, -0.2) is 0 Å². The molecule has 0 saturated carbocycles. The first-order valence-electron chi connectivity index (χ1n) is 7.21. The first kappa shape index (κ1) is 15.1. The van der Waals surface area contributed by atoms with E-state index in [-0.39, 0.29) is 17.9 Å². The van der Waals surface area contributed by atoms with Crippen LogP contribution in [0, 0.1) is 0 Å². The zero-order valence-electron chi connectivity index (χ0n) is 11.9. The molecule has 3 rings (SSSR count). The van der Waals surface area contributed by atoms with Crippen molar-refractivity contribution in [2.45, 2.75) is 31.7 Å². The molecule has 1 N–H and O–H groups in total. The highest BCUT2D eigenvalue weighted by Crippen LogP contribution is 2.34. The summed E-state index contributed by atoms with van der Waals surface area (Å²) in [5.41, 5.74) is 4.52. The van der Waals surface area contributed by atoms with Crippen LogP contribution in [0.4, 0.5) is 0 Å². The van der Waals surface area contributed by atoms with E-state index in [9.17, 15) is 0 Å². The Balaban J connectivity index is 0.00000147. The van der Waals surface area contributed by atoms with Crippen molar-refractivity contribution in [1.82, 2.24) is 5.32 Å². The van der Waals surface area contributed by atoms with Crippen molar-refractivity contribution in [3.05, 3.63) is 71.3 Å². The number of hydrogen-bond acceptors (Lipinski definition) is 1. The second-order valence-electron chi connectivity index (χ2n) is 5.43. The lowest BCUT2D eigenvalue weighted by molar-refractivity contribution is 0.301. The quantitative estimate of drug-likeness (QED) is 0.896. The molecule has 0 aliphatic carbocycles. The van der Waals surface area contributed by atoms with Crippen LogP contribution in [0.5, 0.6) is 0 Å². The van der Waals surface area contributed by atoms with Gasteiger partial charge in [0.2, 0.25) is 0 Å². The highest BCUT2D eigenvalue weighted by molar-refractivity contribution is 5.85. The monoisotopic (exact) mass is 287 g/mol. The van der Waals surface area contributed by atoms with Crippen molar-refractivity contribution in [3.8, 4) is 0 Å². The van der Waals surface area contributed by atoms with Crippen LogP contribution >= 0.6 is 12.4 Å². The Morgan fingerprint density at radius 3 is 2.45 bits per heavy atom. The lowest BCUT2D eigenvalue weighted by Crippen LogP contribution is -2.48. The van der Waals surface area contributed by atoms with E-state index in [1.54, 1.807) is 0 Å². The van der Waals surface area contributed by atoms with Gasteiger partial charge in [0.05, 0.1) is 0 Å². The number of hydrogen-bond donors (Lipinski definition) is 1. The second kappa shape index (κ2) is 6.43. The molecule has 1 unspecified atom stereocenters. The fraction of sp³-hybridized carbons (Fsp3) is 0.333. The summed E-state index contributed by atoms with van der Waals surface area (Å²) in [6, 6.07) is 19.7. The summed E-state index contributed by atoms with van der Waals surface area (Å²) in [7, 11) is 0. The van der Waals surface area contributed by atoms with E-state index in [0.29, 0.717) is 0 Å². The highest BCUT2D eigenvalue weighted by atomic mass is 35.5. The minimum atomic E-state index is 0. The van der Waals surface area contributed by atoms with Crippen molar-refractivity contribution in [2.24, 2.45) is 0 Å². The largest absolute Gasteiger partial charge is 0.307 e. The molecule has 0 amide bonds. The average molecular weight is 288 g/mol. The van der Waals surface area contributed by atoms with Crippen LogP contribution in [-0.2, 0) is 18.4 Å². The van der Waals surface area contributed by atoms with E-state index in [0.717, 1.165) is 25.8 Å². The maximum atomic E-state index is 3.79. The molecule has 1 heterocycles. The molecule has 0 radical (unpaired) electrons. The van der Waals surface area contributed by atoms with Gasteiger partial charge in [0.1, 0.15) is 0 Å². The predicted octanol–water partition coefficient (Wildman–Crippen LogP) is 4.10. The summed E-state index contributed by atoms with van der Waals surface area (Å²) >= 11 is 0. The van der Waals surface area contributed by atoms with Crippen LogP contribution in [0.2, 0.25) is 0 Å². The molecular weight excluding hydrogens is 266 g/mol. The summed E-state index contributed by atoms with van der Waals surface area (Å²) in [6.07, 6.45) is 3.34. The molecule has 0 aromatic heterocycles. The predicted molar refractivity (Wildman–Crippen MR) is 87.5 cm³/mol. The van der Waals surface area contributed by atoms with Gasteiger partial charge in [0.15, 0.2) is 0 Å². The lowest BCUT2D eigenvalue weighted by Gasteiger charge is -2.40. The SMILES string of the molecule is CCC1(Cc2ccccc2)NCCc2ccccc21.Cl. The summed E-state index contributed by atoms with van der Waals surface area (Å²) in [5, 5.41) is 3.79. The first-order chi connectivity index (χ1) is 9.34. The molecular formula is C18H22ClN. The average Bonchev–Trinajstić information content (AvgIpc) is 2.49. The molecule has 0 spiro atoms. The fourth-order valence-corrected chi connectivity index (χ4v) is 3.28. The molecule has 1 atom stereocenters. The molecule has 0 saturated heterocycles. The van der Waals surface area contributed by atoms with Gasteiger partial charge < -0.3 is 5.32 Å². The van der Waals surface area contributed by atoms with Gasteiger partial charge in [-0.15, -0.1) is 12.4 Å². The normalized spacial score (nSPS) is 20.9. The van der Waals surface area contributed by atoms with Crippen molar-refractivity contribution in [2.75, 3.05) is 6.54 Å². The Kier molecular flexibility index (Phi) is 4.85. The first-order valence-corrected chi connectivity index (χ1v) is 7.21. The van der Waals surface area contributed by atoms with E-state index in [1.807, 2.05) is 0 Å². The molecule has 2 heteroatoms. The van der Waals surface area contributed by atoms with E-state index in [2.05, 4.69) is 66.8 Å². The fourth-order valence-electron chi connectivity index (χ4n) is 3.28. The van der Waals surface area contributed by atoms with E-state index in [4.69, 9.17) is 0 Å². The van der Waals surface area contributed by atoms with E-state index < -0.39 is 0 Å². The third kappa shape index (κ3) is 2.74. The Morgan fingerprint density at radius 2 is 1.70 bits per heavy atom. The minimum Gasteiger partial charge on any atom is -0.307 e. The molecule has 1 aliphatic rings. The number of rotatable bonds is 3. The summed E-state index contributed by atoms with van der Waals surface area (Å²) in [6.45, 7) is 3.37. The molecule has 20 heavy (non-hydrogen) atoms. The minimum absolute atomic E-state index is 0. The van der Waals surface area contributed by atoms with Crippen LogP contribution in [0.25, 0.3) is 0 Å². The zero-order chi connectivity index (χ0) is 13.1.